The van der Waals surface area contributed by atoms with Crippen LogP contribution in [0.3, 0.4) is 0 Å². The van der Waals surface area contributed by atoms with Crippen LogP contribution >= 0.6 is 0 Å². The average Bonchev–Trinajstić information content (AvgIpc) is 3.62. The zero-order valence-corrected chi connectivity index (χ0v) is 28.0. The van der Waals surface area contributed by atoms with E-state index in [9.17, 15) is 0 Å². The first-order valence-corrected chi connectivity index (χ1v) is 18.6. The van der Waals surface area contributed by atoms with Gasteiger partial charge in [0, 0.05) is 18.6 Å². The lowest BCUT2D eigenvalue weighted by molar-refractivity contribution is 0.861. The SMILES string of the molecule is CB(c1ccccc1)c1ccccc1.CCCc1cccc([Si](Cn2ccnc2)(c2ccccc2)c2cccc(CCC)c2)c1. The normalized spacial score (nSPS) is 11.0. The molecule has 5 aromatic carbocycles. The lowest BCUT2D eigenvalue weighted by atomic mass is 9.43. The van der Waals surface area contributed by atoms with Crippen molar-refractivity contribution in [2.75, 3.05) is 0 Å². The number of imidazole rings is 1. The number of hydrogen-bond donors (Lipinski definition) is 0. The van der Waals surface area contributed by atoms with Gasteiger partial charge in [-0.25, -0.2) is 4.98 Å². The van der Waals surface area contributed by atoms with Crippen LogP contribution in [0.1, 0.15) is 37.8 Å². The molecule has 45 heavy (non-hydrogen) atoms. The maximum absolute atomic E-state index is 4.37. The standard InChI is InChI=1S/C28H32N2Si.C13H13B/c1-3-10-24-12-8-16-27(20-24)31(23-30-19-18-29-22-30,26-14-6-5-7-15-26)28-17-9-13-25(21-28)11-4-2;1-14(12-8-4-2-5-9-12)13-10-6-3-7-11-13/h5-9,12-22H,3-4,10-11,23H2,1-2H3;2-11H,1H3. The van der Waals surface area contributed by atoms with Gasteiger partial charge in [0.15, 0.2) is 8.07 Å². The van der Waals surface area contributed by atoms with Gasteiger partial charge in [0.2, 0.25) is 6.71 Å². The molecule has 0 aliphatic rings. The number of benzene rings is 5. The second-order valence-electron chi connectivity index (χ2n) is 12.0. The van der Waals surface area contributed by atoms with Crippen LogP contribution in [0.4, 0.5) is 0 Å². The smallest absolute Gasteiger partial charge is 0.206 e. The molecule has 0 radical (unpaired) electrons. The molecule has 6 aromatic rings. The molecule has 0 amide bonds. The summed E-state index contributed by atoms with van der Waals surface area (Å²) in [4.78, 5) is 4.37. The zero-order valence-electron chi connectivity index (χ0n) is 27.0. The van der Waals surface area contributed by atoms with Crippen molar-refractivity contribution in [1.82, 2.24) is 9.55 Å². The summed E-state index contributed by atoms with van der Waals surface area (Å²) in [6.07, 6.45) is 11.5. The van der Waals surface area contributed by atoms with Gasteiger partial charge in [0.1, 0.15) is 0 Å². The highest BCUT2D eigenvalue weighted by atomic mass is 28.3. The first-order valence-electron chi connectivity index (χ1n) is 16.4. The predicted molar refractivity (Wildman–Crippen MR) is 198 cm³/mol. The fraction of sp³-hybridized carbons (Fsp3) is 0.195. The minimum atomic E-state index is -2.33. The molecule has 226 valence electrons. The van der Waals surface area contributed by atoms with E-state index in [1.165, 1.54) is 37.6 Å². The van der Waals surface area contributed by atoms with Crippen LogP contribution in [0.2, 0.25) is 6.82 Å². The van der Waals surface area contributed by atoms with Gasteiger partial charge in [0.25, 0.3) is 0 Å². The first kappa shape index (κ1) is 32.0. The molecule has 0 fully saturated rings. The van der Waals surface area contributed by atoms with Crippen LogP contribution in [-0.2, 0) is 19.0 Å². The molecule has 0 saturated heterocycles. The van der Waals surface area contributed by atoms with E-state index in [1.807, 2.05) is 12.5 Å². The topological polar surface area (TPSA) is 17.8 Å². The molecule has 0 saturated carbocycles. The van der Waals surface area contributed by atoms with Crippen molar-refractivity contribution in [3.63, 3.8) is 0 Å². The number of nitrogens with zero attached hydrogens (tertiary/aromatic N) is 2. The van der Waals surface area contributed by atoms with Crippen molar-refractivity contribution in [2.45, 2.75) is 52.5 Å². The predicted octanol–water partition coefficient (Wildman–Crippen LogP) is 6.42. The molecule has 6 rings (SSSR count). The quantitative estimate of drug-likeness (QED) is 0.123. The Hall–Kier alpha value is -4.41. The van der Waals surface area contributed by atoms with E-state index in [0.29, 0.717) is 6.71 Å². The van der Waals surface area contributed by atoms with Crippen molar-refractivity contribution in [1.29, 1.82) is 0 Å². The summed E-state index contributed by atoms with van der Waals surface area (Å²) in [6.45, 7) is 7.24. The molecule has 1 aromatic heterocycles. The zero-order chi connectivity index (χ0) is 31.3. The van der Waals surface area contributed by atoms with Crippen molar-refractivity contribution in [3.8, 4) is 0 Å². The van der Waals surface area contributed by atoms with Gasteiger partial charge >= 0.3 is 0 Å². The van der Waals surface area contributed by atoms with Crippen LogP contribution in [0.15, 0.2) is 158 Å². The average molecular weight is 605 g/mol. The van der Waals surface area contributed by atoms with Crippen LogP contribution in [0, 0.1) is 0 Å². The second kappa shape index (κ2) is 16.1. The highest BCUT2D eigenvalue weighted by Crippen LogP contribution is 2.15. The summed E-state index contributed by atoms with van der Waals surface area (Å²) in [5, 5.41) is 4.41. The largest absolute Gasteiger partial charge is 0.339 e. The van der Waals surface area contributed by atoms with E-state index >= 15 is 0 Å². The molecular formula is C41H45BN2Si. The Morgan fingerprint density at radius 1 is 0.578 bits per heavy atom. The summed E-state index contributed by atoms with van der Waals surface area (Å²) in [7, 11) is -2.33. The van der Waals surface area contributed by atoms with Gasteiger partial charge in [-0.3, -0.25) is 0 Å². The van der Waals surface area contributed by atoms with Gasteiger partial charge < -0.3 is 4.57 Å². The molecule has 4 heteroatoms. The van der Waals surface area contributed by atoms with Crippen molar-refractivity contribution >= 4 is 41.3 Å². The highest BCUT2D eigenvalue weighted by Gasteiger charge is 2.40. The molecule has 0 aliphatic heterocycles. The molecule has 1 heterocycles. The molecule has 0 spiro atoms. The van der Waals surface area contributed by atoms with Gasteiger partial charge in [-0.2, -0.15) is 0 Å². The maximum atomic E-state index is 4.37. The summed E-state index contributed by atoms with van der Waals surface area (Å²) in [5.74, 6) is 0. The molecule has 0 bridgehead atoms. The number of rotatable bonds is 11. The summed E-state index contributed by atoms with van der Waals surface area (Å²) >= 11 is 0. The minimum Gasteiger partial charge on any atom is -0.339 e. The fourth-order valence-corrected chi connectivity index (χ4v) is 11.1. The van der Waals surface area contributed by atoms with Crippen LogP contribution in [0.25, 0.3) is 0 Å². The Morgan fingerprint density at radius 2 is 1.04 bits per heavy atom. The number of aryl methyl sites for hydroxylation is 2. The van der Waals surface area contributed by atoms with Gasteiger partial charge in [-0.15, -0.1) is 0 Å². The van der Waals surface area contributed by atoms with Gasteiger partial charge in [-0.1, -0.05) is 184 Å². The van der Waals surface area contributed by atoms with Crippen molar-refractivity contribution in [3.05, 3.63) is 169 Å². The van der Waals surface area contributed by atoms with Crippen LogP contribution in [-0.4, -0.2) is 24.3 Å². The molecule has 2 nitrogen and oxygen atoms in total. The van der Waals surface area contributed by atoms with Crippen LogP contribution in [0.5, 0.6) is 0 Å². The number of aromatic nitrogens is 2. The molecule has 0 atom stereocenters. The van der Waals surface area contributed by atoms with E-state index in [2.05, 4.69) is 176 Å². The monoisotopic (exact) mass is 604 g/mol. The van der Waals surface area contributed by atoms with E-state index in [4.69, 9.17) is 0 Å². The summed E-state index contributed by atoms with van der Waals surface area (Å²) in [6, 6.07) is 51.1. The van der Waals surface area contributed by atoms with Crippen molar-refractivity contribution < 1.29 is 0 Å². The molecular weight excluding hydrogens is 559 g/mol. The maximum Gasteiger partial charge on any atom is 0.206 e. The Balaban J connectivity index is 0.000000238. The van der Waals surface area contributed by atoms with Crippen LogP contribution < -0.4 is 26.5 Å². The lowest BCUT2D eigenvalue weighted by Gasteiger charge is -2.34. The van der Waals surface area contributed by atoms with E-state index in [0.717, 1.165) is 31.9 Å². The Bertz CT molecular complexity index is 1610. The molecule has 0 aliphatic carbocycles. The van der Waals surface area contributed by atoms with Crippen molar-refractivity contribution in [2.24, 2.45) is 0 Å². The number of hydrogen-bond acceptors (Lipinski definition) is 1. The van der Waals surface area contributed by atoms with E-state index in [1.54, 1.807) is 0 Å². The highest BCUT2D eigenvalue weighted by molar-refractivity contribution is 7.10. The Labute approximate surface area is 271 Å². The first-order chi connectivity index (χ1) is 22.1. The fourth-order valence-electron chi connectivity index (χ4n) is 6.39. The van der Waals surface area contributed by atoms with E-state index in [-0.39, 0.29) is 0 Å². The Morgan fingerprint density at radius 3 is 1.49 bits per heavy atom. The Kier molecular flexibility index (Phi) is 11.4. The lowest BCUT2D eigenvalue weighted by Crippen LogP contribution is -2.69. The molecule has 0 unspecified atom stereocenters. The minimum absolute atomic E-state index is 0.484. The van der Waals surface area contributed by atoms with Gasteiger partial charge in [0.05, 0.1) is 6.33 Å². The summed E-state index contributed by atoms with van der Waals surface area (Å²) in [5.41, 5.74) is 5.61. The summed E-state index contributed by atoms with van der Waals surface area (Å²) < 4.78 is 2.28. The third-order valence-electron chi connectivity index (χ3n) is 8.76. The third kappa shape index (κ3) is 8.01. The van der Waals surface area contributed by atoms with E-state index < -0.39 is 8.07 Å². The third-order valence-corrected chi connectivity index (χ3v) is 13.5. The second-order valence-corrected chi connectivity index (χ2v) is 15.8. The van der Waals surface area contributed by atoms with Gasteiger partial charge in [-0.05, 0) is 39.5 Å². The molecule has 0 N–H and O–H groups in total.